The maximum atomic E-state index is 13.8. The normalized spacial score (nSPS) is 46.6. The number of aliphatic hydroxyl groups excluding tert-OH is 2. The van der Waals surface area contributed by atoms with Crippen LogP contribution in [0, 0.1) is 35.0 Å². The fraction of sp³-hybridized carbons (Fsp3) is 0.690. The van der Waals surface area contributed by atoms with Gasteiger partial charge in [-0.1, -0.05) is 55.9 Å². The van der Waals surface area contributed by atoms with Crippen molar-refractivity contribution in [1.29, 1.82) is 0 Å². The van der Waals surface area contributed by atoms with Crippen molar-refractivity contribution >= 4 is 5.97 Å². The highest BCUT2D eigenvalue weighted by atomic mass is 16.5. The summed E-state index contributed by atoms with van der Waals surface area (Å²) in [5.74, 6) is 0.0569. The second kappa shape index (κ2) is 10.7. The first kappa shape index (κ1) is 26.0. The van der Waals surface area contributed by atoms with Gasteiger partial charge >= 0.3 is 5.97 Å². The molecule has 0 spiro atoms. The number of hydrogen-bond acceptors (Lipinski definition) is 4. The number of carbonyl (C=O) groups excluding carboxylic acids is 1. The SMILES string of the molecule is CC1=C[C@H]2[C@H](O)[C@@H](C)CC[C@@H]2[C@@]2(C)C(=O)O[C@H](C)CCC/C=C(/C)[C@H](O)[C@@H](C)/C=C\C=C/[C@@H]12. The summed E-state index contributed by atoms with van der Waals surface area (Å²) >= 11 is 0. The number of carbonyl (C=O) groups is 1. The summed E-state index contributed by atoms with van der Waals surface area (Å²) in [6, 6.07) is 0. The van der Waals surface area contributed by atoms with E-state index >= 15 is 0 Å². The van der Waals surface area contributed by atoms with Gasteiger partial charge in [-0.15, -0.1) is 0 Å². The van der Waals surface area contributed by atoms with Crippen LogP contribution in [0.15, 0.2) is 47.6 Å². The predicted molar refractivity (Wildman–Crippen MR) is 133 cm³/mol. The Balaban J connectivity index is 2.00. The molecule has 1 fully saturated rings. The summed E-state index contributed by atoms with van der Waals surface area (Å²) in [4.78, 5) is 13.8. The zero-order valence-electron chi connectivity index (χ0n) is 21.3. The number of esters is 1. The number of aliphatic hydroxyl groups is 2. The molecule has 0 aromatic carbocycles. The van der Waals surface area contributed by atoms with Crippen LogP contribution in [-0.2, 0) is 9.53 Å². The van der Waals surface area contributed by atoms with E-state index in [-0.39, 0.29) is 41.7 Å². The second-order valence-electron chi connectivity index (χ2n) is 11.1. The van der Waals surface area contributed by atoms with E-state index in [0.717, 1.165) is 43.3 Å². The Kier molecular flexibility index (Phi) is 8.45. The van der Waals surface area contributed by atoms with Crippen molar-refractivity contribution in [3.05, 3.63) is 47.6 Å². The van der Waals surface area contributed by atoms with E-state index in [2.05, 4.69) is 39.0 Å². The molecule has 184 valence electrons. The molecule has 3 rings (SSSR count). The molecule has 1 aliphatic heterocycles. The fourth-order valence-corrected chi connectivity index (χ4v) is 6.24. The first-order valence-electron chi connectivity index (χ1n) is 12.8. The minimum Gasteiger partial charge on any atom is -0.462 e. The van der Waals surface area contributed by atoms with E-state index in [9.17, 15) is 15.0 Å². The first-order valence-corrected chi connectivity index (χ1v) is 12.8. The second-order valence-corrected chi connectivity index (χ2v) is 11.1. The summed E-state index contributed by atoms with van der Waals surface area (Å²) in [5.41, 5.74) is 1.39. The average molecular weight is 457 g/mol. The molecule has 0 aromatic rings. The number of cyclic esters (lactones) is 1. The van der Waals surface area contributed by atoms with Crippen LogP contribution < -0.4 is 0 Å². The molecular weight excluding hydrogens is 412 g/mol. The van der Waals surface area contributed by atoms with Gasteiger partial charge in [0.05, 0.1) is 23.7 Å². The van der Waals surface area contributed by atoms with Gasteiger partial charge in [0.2, 0.25) is 0 Å². The quantitative estimate of drug-likeness (QED) is 0.359. The van der Waals surface area contributed by atoms with Crippen LogP contribution in [0.3, 0.4) is 0 Å². The zero-order valence-corrected chi connectivity index (χ0v) is 21.3. The molecule has 0 aromatic heterocycles. The van der Waals surface area contributed by atoms with Gasteiger partial charge in [0.25, 0.3) is 0 Å². The molecule has 0 amide bonds. The molecule has 0 saturated heterocycles. The Morgan fingerprint density at radius 3 is 2.42 bits per heavy atom. The van der Waals surface area contributed by atoms with Crippen molar-refractivity contribution < 1.29 is 19.7 Å². The summed E-state index contributed by atoms with van der Waals surface area (Å²) in [6.45, 7) is 12.2. The van der Waals surface area contributed by atoms with E-state index in [1.165, 1.54) is 0 Å². The maximum absolute atomic E-state index is 13.8. The number of rotatable bonds is 0. The van der Waals surface area contributed by atoms with Crippen LogP contribution in [0.4, 0.5) is 0 Å². The third kappa shape index (κ3) is 5.38. The number of fused-ring (bicyclic) bond motifs is 3. The standard InChI is InChI=1S/C29H44O4/c1-18-11-7-9-13-22(5)33-28(32)29(6)24(14-10-8-12-19(2)26(18)30)21(4)17-23-25(29)16-15-20(3)27(23)31/h8,10-12,14,17,19-20,22-27,30-31H,7,9,13,15-16H2,1-6H3/b12-8-,14-10-,18-11-/t19-,20-,22+,23+,24-,25-,26-,27+,29-/m0/s1. The van der Waals surface area contributed by atoms with Gasteiger partial charge in [0.1, 0.15) is 0 Å². The molecule has 9 atom stereocenters. The number of ether oxygens (including phenoxy) is 1. The van der Waals surface area contributed by atoms with Crippen molar-refractivity contribution in [2.24, 2.45) is 35.0 Å². The molecule has 3 aliphatic rings. The van der Waals surface area contributed by atoms with Gasteiger partial charge in [-0.3, -0.25) is 4.79 Å². The highest BCUT2D eigenvalue weighted by Gasteiger charge is 2.56. The number of allylic oxidation sites excluding steroid dienone is 5. The molecule has 4 heteroatoms. The predicted octanol–water partition coefficient (Wildman–Crippen LogP) is 5.76. The summed E-state index contributed by atoms with van der Waals surface area (Å²) < 4.78 is 6.08. The van der Waals surface area contributed by atoms with Crippen LogP contribution in [0.2, 0.25) is 0 Å². The Bertz CT molecular complexity index is 821. The maximum Gasteiger partial charge on any atom is 0.313 e. The topological polar surface area (TPSA) is 66.8 Å². The molecule has 0 radical (unpaired) electrons. The van der Waals surface area contributed by atoms with E-state index in [1.54, 1.807) is 0 Å². The average Bonchev–Trinajstić information content (AvgIpc) is 2.77. The smallest absolute Gasteiger partial charge is 0.313 e. The van der Waals surface area contributed by atoms with Crippen LogP contribution in [0.1, 0.15) is 73.6 Å². The Morgan fingerprint density at radius 1 is 1.00 bits per heavy atom. The Morgan fingerprint density at radius 2 is 1.70 bits per heavy atom. The van der Waals surface area contributed by atoms with Gasteiger partial charge in [-0.05, 0) is 77.2 Å². The zero-order chi connectivity index (χ0) is 24.3. The van der Waals surface area contributed by atoms with Crippen molar-refractivity contribution in [2.45, 2.75) is 92.0 Å². The first-order chi connectivity index (χ1) is 15.6. The monoisotopic (exact) mass is 456 g/mol. The van der Waals surface area contributed by atoms with E-state index in [1.807, 2.05) is 39.0 Å². The molecule has 2 N–H and O–H groups in total. The lowest BCUT2D eigenvalue weighted by Gasteiger charge is -2.52. The Labute approximate surface area is 200 Å². The molecule has 0 unspecified atom stereocenters. The molecule has 2 aliphatic carbocycles. The number of hydrogen-bond donors (Lipinski definition) is 2. The van der Waals surface area contributed by atoms with Crippen molar-refractivity contribution in [3.8, 4) is 0 Å². The van der Waals surface area contributed by atoms with E-state index in [4.69, 9.17) is 4.74 Å². The molecule has 1 saturated carbocycles. The lowest BCUT2D eigenvalue weighted by atomic mass is 9.52. The summed E-state index contributed by atoms with van der Waals surface area (Å²) in [5, 5.41) is 21.6. The van der Waals surface area contributed by atoms with Crippen LogP contribution in [0.25, 0.3) is 0 Å². The van der Waals surface area contributed by atoms with Gasteiger partial charge in [0, 0.05) is 17.8 Å². The van der Waals surface area contributed by atoms with Crippen LogP contribution in [0.5, 0.6) is 0 Å². The Hall–Kier alpha value is -1.65. The molecule has 4 nitrogen and oxygen atoms in total. The molecular formula is C29H44O4. The van der Waals surface area contributed by atoms with E-state index < -0.39 is 17.6 Å². The van der Waals surface area contributed by atoms with Crippen molar-refractivity contribution in [2.75, 3.05) is 0 Å². The minimum atomic E-state index is -0.720. The minimum absolute atomic E-state index is 0.0106. The highest BCUT2D eigenvalue weighted by Crippen LogP contribution is 2.55. The summed E-state index contributed by atoms with van der Waals surface area (Å²) in [7, 11) is 0. The third-order valence-electron chi connectivity index (χ3n) is 8.56. The van der Waals surface area contributed by atoms with E-state index in [0.29, 0.717) is 0 Å². The largest absolute Gasteiger partial charge is 0.462 e. The molecule has 0 bridgehead atoms. The van der Waals surface area contributed by atoms with Crippen LogP contribution >= 0.6 is 0 Å². The van der Waals surface area contributed by atoms with Crippen molar-refractivity contribution in [3.63, 3.8) is 0 Å². The fourth-order valence-electron chi connectivity index (χ4n) is 6.24. The summed E-state index contributed by atoms with van der Waals surface area (Å²) in [6.07, 6.45) is 15.8. The van der Waals surface area contributed by atoms with Gasteiger partial charge in [-0.2, -0.15) is 0 Å². The lowest BCUT2D eigenvalue weighted by molar-refractivity contribution is -0.172. The lowest BCUT2D eigenvalue weighted by Crippen LogP contribution is -2.54. The third-order valence-corrected chi connectivity index (χ3v) is 8.56. The molecule has 1 heterocycles. The van der Waals surface area contributed by atoms with Gasteiger partial charge < -0.3 is 14.9 Å². The highest BCUT2D eigenvalue weighted by molar-refractivity contribution is 5.79. The van der Waals surface area contributed by atoms with Crippen LogP contribution in [-0.4, -0.2) is 34.5 Å². The van der Waals surface area contributed by atoms with Gasteiger partial charge in [0.15, 0.2) is 0 Å². The van der Waals surface area contributed by atoms with Gasteiger partial charge in [-0.25, -0.2) is 0 Å². The van der Waals surface area contributed by atoms with Crippen molar-refractivity contribution in [1.82, 2.24) is 0 Å². The molecule has 33 heavy (non-hydrogen) atoms.